The minimum absolute atomic E-state index is 0.169. The molecule has 0 saturated carbocycles. The smallest absolute Gasteiger partial charge is 0.345 e. The van der Waals surface area contributed by atoms with Crippen LogP contribution in [-0.4, -0.2) is 16.8 Å². The van der Waals surface area contributed by atoms with Crippen LogP contribution in [0.1, 0.15) is 65.4 Å². The van der Waals surface area contributed by atoms with Crippen molar-refractivity contribution in [1.82, 2.24) is 0 Å². The number of hydrogen-bond acceptors (Lipinski definition) is 3. The highest BCUT2D eigenvalue weighted by atomic mass is 32.2. The quantitative estimate of drug-likeness (QED) is 0.339. The van der Waals surface area contributed by atoms with Gasteiger partial charge in [0.15, 0.2) is 0 Å². The van der Waals surface area contributed by atoms with Gasteiger partial charge in [-0.25, -0.2) is 4.79 Å². The maximum Gasteiger partial charge on any atom is 0.345 e. The third-order valence-corrected chi connectivity index (χ3v) is 8.27. The molecule has 1 heterocycles. The van der Waals surface area contributed by atoms with Gasteiger partial charge in [0.25, 0.3) is 0 Å². The fourth-order valence-corrected chi connectivity index (χ4v) is 5.96. The molecule has 2 nitrogen and oxygen atoms in total. The van der Waals surface area contributed by atoms with E-state index in [0.717, 1.165) is 23.5 Å². The van der Waals surface area contributed by atoms with Crippen LogP contribution in [0.5, 0.6) is 0 Å². The van der Waals surface area contributed by atoms with Gasteiger partial charge in [-0.1, -0.05) is 52.0 Å². The molecule has 0 saturated heterocycles. The molecule has 0 aliphatic rings. The molecule has 2 aromatic carbocycles. The zero-order chi connectivity index (χ0) is 23.5. The number of benzene rings is 2. The van der Waals surface area contributed by atoms with E-state index in [9.17, 15) is 4.79 Å². The Morgan fingerprint density at radius 3 is 2.19 bits per heavy atom. The SMILES string of the molecule is Cc1cc(SCC(C)CCc2ccc(C(=O)O)s2)cc(C)c1-c1ccc(C(C)(C)C)cc1. The molecule has 1 atom stereocenters. The number of carboxylic acids is 1. The third-order valence-electron chi connectivity index (χ3n) is 5.84. The Balaban J connectivity index is 1.61. The summed E-state index contributed by atoms with van der Waals surface area (Å²) in [4.78, 5) is 14.0. The third kappa shape index (κ3) is 6.26. The monoisotopic (exact) mass is 466 g/mol. The summed E-state index contributed by atoms with van der Waals surface area (Å²) in [6.07, 6.45) is 2.02. The largest absolute Gasteiger partial charge is 0.477 e. The highest BCUT2D eigenvalue weighted by molar-refractivity contribution is 7.99. The lowest BCUT2D eigenvalue weighted by atomic mass is 9.85. The zero-order valence-corrected chi connectivity index (χ0v) is 21.6. The second-order valence-electron chi connectivity index (χ2n) is 9.79. The lowest BCUT2D eigenvalue weighted by molar-refractivity contribution is 0.0702. The molecule has 0 fully saturated rings. The fourth-order valence-electron chi connectivity index (χ4n) is 3.94. The molecule has 32 heavy (non-hydrogen) atoms. The molecule has 0 aliphatic carbocycles. The van der Waals surface area contributed by atoms with Crippen molar-refractivity contribution in [3.63, 3.8) is 0 Å². The van der Waals surface area contributed by atoms with Crippen LogP contribution in [0.4, 0.5) is 0 Å². The lowest BCUT2D eigenvalue weighted by Gasteiger charge is -2.20. The number of aromatic carboxylic acids is 1. The van der Waals surface area contributed by atoms with Crippen LogP contribution in [0.3, 0.4) is 0 Å². The summed E-state index contributed by atoms with van der Waals surface area (Å²) < 4.78 is 0. The Morgan fingerprint density at radius 1 is 1.03 bits per heavy atom. The number of aryl methyl sites for hydroxylation is 3. The van der Waals surface area contributed by atoms with Gasteiger partial charge in [-0.2, -0.15) is 0 Å². The fraction of sp³-hybridized carbons (Fsp3) is 0.393. The van der Waals surface area contributed by atoms with Crippen LogP contribution in [-0.2, 0) is 11.8 Å². The maximum absolute atomic E-state index is 11.0. The van der Waals surface area contributed by atoms with Crippen LogP contribution in [0.2, 0.25) is 0 Å². The van der Waals surface area contributed by atoms with Gasteiger partial charge in [0.2, 0.25) is 0 Å². The van der Waals surface area contributed by atoms with Crippen LogP contribution >= 0.6 is 23.1 Å². The molecule has 0 spiro atoms. The molecule has 4 heteroatoms. The van der Waals surface area contributed by atoms with Crippen molar-refractivity contribution in [2.24, 2.45) is 5.92 Å². The Bertz CT molecular complexity index is 1050. The molecule has 1 aromatic heterocycles. The Morgan fingerprint density at radius 2 is 1.66 bits per heavy atom. The number of carbonyl (C=O) groups is 1. The summed E-state index contributed by atoms with van der Waals surface area (Å²) in [7, 11) is 0. The van der Waals surface area contributed by atoms with Crippen LogP contribution in [0, 0.1) is 19.8 Å². The summed E-state index contributed by atoms with van der Waals surface area (Å²) in [5.41, 5.74) is 6.80. The highest BCUT2D eigenvalue weighted by Gasteiger charge is 2.15. The molecule has 1 N–H and O–H groups in total. The molecular weight excluding hydrogens is 432 g/mol. The van der Waals surface area contributed by atoms with E-state index in [2.05, 4.69) is 77.9 Å². The molecule has 1 unspecified atom stereocenters. The average Bonchev–Trinajstić information content (AvgIpc) is 3.19. The molecular formula is C28H34O2S2. The number of carboxylic acid groups (broad SMARTS) is 1. The molecule has 0 amide bonds. The Kier molecular flexibility index (Phi) is 7.89. The van der Waals surface area contributed by atoms with E-state index in [4.69, 9.17) is 5.11 Å². The Labute approximate surface area is 201 Å². The van der Waals surface area contributed by atoms with E-state index in [1.54, 1.807) is 6.07 Å². The normalized spacial score (nSPS) is 12.7. The summed E-state index contributed by atoms with van der Waals surface area (Å²) in [5.74, 6) is 0.806. The number of hydrogen-bond donors (Lipinski definition) is 1. The van der Waals surface area contributed by atoms with Crippen molar-refractivity contribution >= 4 is 29.1 Å². The molecule has 0 radical (unpaired) electrons. The van der Waals surface area contributed by atoms with Crippen molar-refractivity contribution in [1.29, 1.82) is 0 Å². The molecule has 3 rings (SSSR count). The van der Waals surface area contributed by atoms with Crippen LogP contribution < -0.4 is 0 Å². The second-order valence-corrected chi connectivity index (χ2v) is 12.0. The van der Waals surface area contributed by atoms with E-state index in [1.807, 2.05) is 17.8 Å². The first-order chi connectivity index (χ1) is 15.0. The van der Waals surface area contributed by atoms with E-state index < -0.39 is 5.97 Å². The Hall–Kier alpha value is -2.04. The molecule has 170 valence electrons. The summed E-state index contributed by atoms with van der Waals surface area (Å²) in [5, 5.41) is 9.07. The van der Waals surface area contributed by atoms with Crippen molar-refractivity contribution in [2.75, 3.05) is 5.75 Å². The van der Waals surface area contributed by atoms with Gasteiger partial charge in [0.05, 0.1) is 0 Å². The van der Waals surface area contributed by atoms with Gasteiger partial charge in [0.1, 0.15) is 4.88 Å². The molecule has 3 aromatic rings. The van der Waals surface area contributed by atoms with Crippen LogP contribution in [0.15, 0.2) is 53.4 Å². The van der Waals surface area contributed by atoms with Crippen molar-refractivity contribution in [2.45, 2.75) is 64.7 Å². The van der Waals surface area contributed by atoms with E-state index >= 15 is 0 Å². The van der Waals surface area contributed by atoms with Crippen molar-refractivity contribution in [3.8, 4) is 11.1 Å². The zero-order valence-electron chi connectivity index (χ0n) is 20.0. The number of thiophene rings is 1. The number of rotatable bonds is 8. The standard InChI is InChI=1S/C28H34O2S2/c1-18(7-12-23-13-14-25(32-23)27(29)30)17-31-24-15-19(2)26(20(3)16-24)21-8-10-22(11-9-21)28(4,5)6/h8-11,13-16,18H,7,12,17H2,1-6H3,(H,29,30). The maximum atomic E-state index is 11.0. The first kappa shape index (κ1) is 24.6. The van der Waals surface area contributed by atoms with E-state index in [-0.39, 0.29) is 5.41 Å². The van der Waals surface area contributed by atoms with Crippen LogP contribution in [0.25, 0.3) is 11.1 Å². The average molecular weight is 467 g/mol. The first-order valence-electron chi connectivity index (χ1n) is 11.2. The summed E-state index contributed by atoms with van der Waals surface area (Å²) in [6, 6.07) is 17.3. The highest BCUT2D eigenvalue weighted by Crippen LogP contribution is 2.34. The predicted molar refractivity (Wildman–Crippen MR) is 140 cm³/mol. The minimum Gasteiger partial charge on any atom is -0.477 e. The van der Waals surface area contributed by atoms with Gasteiger partial charge < -0.3 is 5.11 Å². The molecule has 0 bridgehead atoms. The van der Waals surface area contributed by atoms with E-state index in [1.165, 1.54) is 44.0 Å². The van der Waals surface area contributed by atoms with Gasteiger partial charge in [-0.15, -0.1) is 23.1 Å². The lowest BCUT2D eigenvalue weighted by Crippen LogP contribution is -2.10. The van der Waals surface area contributed by atoms with Gasteiger partial charge in [0, 0.05) is 15.5 Å². The van der Waals surface area contributed by atoms with Gasteiger partial charge in [-0.3, -0.25) is 0 Å². The predicted octanol–water partition coefficient (Wildman–Crippen LogP) is 8.39. The second kappa shape index (κ2) is 10.3. The summed E-state index contributed by atoms with van der Waals surface area (Å²) >= 11 is 3.32. The first-order valence-corrected chi connectivity index (χ1v) is 13.0. The minimum atomic E-state index is -0.829. The summed E-state index contributed by atoms with van der Waals surface area (Å²) in [6.45, 7) is 13.5. The van der Waals surface area contributed by atoms with Crippen molar-refractivity contribution < 1.29 is 9.90 Å². The van der Waals surface area contributed by atoms with Crippen molar-refractivity contribution in [3.05, 3.63) is 75.0 Å². The molecule has 0 aliphatic heterocycles. The topological polar surface area (TPSA) is 37.3 Å². The van der Waals surface area contributed by atoms with Gasteiger partial charge in [-0.05, 0) is 90.1 Å². The van der Waals surface area contributed by atoms with E-state index in [0.29, 0.717) is 10.8 Å². The van der Waals surface area contributed by atoms with Gasteiger partial charge >= 0.3 is 5.97 Å². The number of thioether (sulfide) groups is 1.